The number of carbonyl (C=O) groups excluding carboxylic acids is 1. The van der Waals surface area contributed by atoms with Crippen molar-refractivity contribution in [1.29, 1.82) is 0 Å². The minimum absolute atomic E-state index is 0.0562. The number of benzene rings is 1. The zero-order valence-electron chi connectivity index (χ0n) is 9.63. The lowest BCUT2D eigenvalue weighted by Crippen LogP contribution is -2.16. The monoisotopic (exact) mass is 252 g/mol. The van der Waals surface area contributed by atoms with Crippen molar-refractivity contribution >= 4 is 15.6 Å². The van der Waals surface area contributed by atoms with Crippen LogP contribution in [-0.4, -0.2) is 25.7 Å². The van der Waals surface area contributed by atoms with Gasteiger partial charge in [-0.2, -0.15) is 0 Å². The first kappa shape index (κ1) is 12.3. The van der Waals surface area contributed by atoms with Gasteiger partial charge in [-0.25, -0.2) is 8.42 Å². The third kappa shape index (κ3) is 3.40. The zero-order valence-corrected chi connectivity index (χ0v) is 10.4. The topological polar surface area (TPSA) is 51.2 Å². The van der Waals surface area contributed by atoms with Crippen LogP contribution in [0.4, 0.5) is 0 Å². The number of hydrogen-bond donors (Lipinski definition) is 0. The molecular formula is C13H16O3S. The molecule has 4 heteroatoms. The van der Waals surface area contributed by atoms with Crippen LogP contribution in [-0.2, 0) is 21.1 Å². The highest BCUT2D eigenvalue weighted by atomic mass is 32.2. The second kappa shape index (κ2) is 5.00. The summed E-state index contributed by atoms with van der Waals surface area (Å²) in [6, 6.07) is 9.80. The molecule has 3 nitrogen and oxygen atoms in total. The average molecular weight is 252 g/mol. The number of sulfone groups is 1. The van der Waals surface area contributed by atoms with Gasteiger partial charge in [-0.15, -0.1) is 0 Å². The van der Waals surface area contributed by atoms with E-state index in [1.807, 2.05) is 30.3 Å². The molecule has 0 spiro atoms. The Balaban J connectivity index is 1.87. The quantitative estimate of drug-likeness (QED) is 0.818. The average Bonchev–Trinajstić information content (AvgIpc) is 2.68. The van der Waals surface area contributed by atoms with E-state index in [-0.39, 0.29) is 23.2 Å². The SMILES string of the molecule is O=C(CCc1ccccc1)C1CCS(=O)(=O)C1. The smallest absolute Gasteiger partial charge is 0.151 e. The van der Waals surface area contributed by atoms with E-state index in [9.17, 15) is 13.2 Å². The Hall–Kier alpha value is -1.16. The summed E-state index contributed by atoms with van der Waals surface area (Å²) in [6.45, 7) is 0. The molecule has 1 heterocycles. The van der Waals surface area contributed by atoms with Gasteiger partial charge in [-0.3, -0.25) is 4.79 Å². The van der Waals surface area contributed by atoms with Crippen LogP contribution in [0, 0.1) is 5.92 Å². The summed E-state index contributed by atoms with van der Waals surface area (Å²) < 4.78 is 22.5. The van der Waals surface area contributed by atoms with Crippen molar-refractivity contribution in [2.24, 2.45) is 5.92 Å². The molecule has 2 rings (SSSR count). The van der Waals surface area contributed by atoms with Crippen LogP contribution >= 0.6 is 0 Å². The van der Waals surface area contributed by atoms with Gasteiger partial charge in [0.25, 0.3) is 0 Å². The van der Waals surface area contributed by atoms with Gasteiger partial charge in [0.2, 0.25) is 0 Å². The molecule has 0 N–H and O–H groups in total. The maximum atomic E-state index is 11.8. The van der Waals surface area contributed by atoms with Gasteiger partial charge in [0.15, 0.2) is 9.84 Å². The molecule has 1 unspecified atom stereocenters. The summed E-state index contributed by atoms with van der Waals surface area (Å²) in [5.41, 5.74) is 1.13. The summed E-state index contributed by atoms with van der Waals surface area (Å²) >= 11 is 0. The van der Waals surface area contributed by atoms with E-state index in [0.717, 1.165) is 5.56 Å². The third-order valence-corrected chi connectivity index (χ3v) is 4.96. The molecule has 1 aliphatic rings. The van der Waals surface area contributed by atoms with E-state index in [2.05, 4.69) is 0 Å². The molecule has 1 aromatic rings. The lowest BCUT2D eigenvalue weighted by Gasteiger charge is -2.06. The minimum atomic E-state index is -2.94. The Labute approximate surface area is 102 Å². The van der Waals surface area contributed by atoms with Crippen molar-refractivity contribution in [3.63, 3.8) is 0 Å². The molecule has 0 amide bonds. The highest BCUT2D eigenvalue weighted by molar-refractivity contribution is 7.91. The van der Waals surface area contributed by atoms with Crippen molar-refractivity contribution in [3.05, 3.63) is 35.9 Å². The first-order valence-corrected chi connectivity index (χ1v) is 7.66. The Morgan fingerprint density at radius 3 is 2.53 bits per heavy atom. The van der Waals surface area contributed by atoms with Crippen LogP contribution in [0.5, 0.6) is 0 Å². The number of aryl methyl sites for hydroxylation is 1. The van der Waals surface area contributed by atoms with Gasteiger partial charge in [-0.05, 0) is 18.4 Å². The minimum Gasteiger partial charge on any atom is -0.299 e. The van der Waals surface area contributed by atoms with Gasteiger partial charge in [0.05, 0.1) is 11.5 Å². The maximum absolute atomic E-state index is 11.8. The summed E-state index contributed by atoms with van der Waals surface area (Å²) in [5, 5.41) is 0. The molecule has 0 radical (unpaired) electrons. The number of ketones is 1. The normalized spacial score (nSPS) is 22.5. The molecule has 1 fully saturated rings. The van der Waals surface area contributed by atoms with Crippen molar-refractivity contribution < 1.29 is 13.2 Å². The van der Waals surface area contributed by atoms with E-state index < -0.39 is 9.84 Å². The molecule has 1 aromatic carbocycles. The van der Waals surface area contributed by atoms with E-state index in [1.54, 1.807) is 0 Å². The first-order valence-electron chi connectivity index (χ1n) is 5.84. The van der Waals surface area contributed by atoms with Crippen LogP contribution in [0.1, 0.15) is 18.4 Å². The lowest BCUT2D eigenvalue weighted by atomic mass is 9.98. The molecule has 0 aromatic heterocycles. The fraction of sp³-hybridized carbons (Fsp3) is 0.462. The molecule has 1 aliphatic heterocycles. The second-order valence-electron chi connectivity index (χ2n) is 4.55. The van der Waals surface area contributed by atoms with Crippen LogP contribution in [0.25, 0.3) is 0 Å². The fourth-order valence-electron chi connectivity index (χ4n) is 2.17. The van der Waals surface area contributed by atoms with Crippen LogP contribution in [0.15, 0.2) is 30.3 Å². The van der Waals surface area contributed by atoms with Gasteiger partial charge in [0.1, 0.15) is 5.78 Å². The Bertz CT molecular complexity index is 491. The highest BCUT2D eigenvalue weighted by Gasteiger charge is 2.32. The third-order valence-electron chi connectivity index (χ3n) is 3.19. The van der Waals surface area contributed by atoms with Gasteiger partial charge in [-0.1, -0.05) is 30.3 Å². The van der Waals surface area contributed by atoms with Crippen molar-refractivity contribution in [2.75, 3.05) is 11.5 Å². The summed E-state index contributed by atoms with van der Waals surface area (Å²) in [4.78, 5) is 11.8. The largest absolute Gasteiger partial charge is 0.299 e. The fourth-order valence-corrected chi connectivity index (χ4v) is 3.94. The standard InChI is InChI=1S/C13H16O3S/c14-13(12-8-9-17(15,16)10-12)7-6-11-4-2-1-3-5-11/h1-5,12H,6-10H2. The Morgan fingerprint density at radius 1 is 1.24 bits per heavy atom. The number of rotatable bonds is 4. The highest BCUT2D eigenvalue weighted by Crippen LogP contribution is 2.21. The number of Topliss-reactive ketones (excluding diaryl/α,β-unsaturated/α-hetero) is 1. The molecule has 0 bridgehead atoms. The van der Waals surface area contributed by atoms with E-state index in [1.165, 1.54) is 0 Å². The predicted molar refractivity (Wildman–Crippen MR) is 66.5 cm³/mol. The molecule has 0 saturated carbocycles. The van der Waals surface area contributed by atoms with E-state index in [4.69, 9.17) is 0 Å². The zero-order chi connectivity index (χ0) is 12.3. The van der Waals surface area contributed by atoms with Crippen LogP contribution < -0.4 is 0 Å². The van der Waals surface area contributed by atoms with E-state index >= 15 is 0 Å². The molecule has 0 aliphatic carbocycles. The number of hydrogen-bond acceptors (Lipinski definition) is 3. The van der Waals surface area contributed by atoms with Gasteiger partial charge < -0.3 is 0 Å². The summed E-state index contributed by atoms with van der Waals surface area (Å²) in [5.74, 6) is 0.0636. The van der Waals surface area contributed by atoms with Gasteiger partial charge >= 0.3 is 0 Å². The summed E-state index contributed by atoms with van der Waals surface area (Å²) in [7, 11) is -2.94. The predicted octanol–water partition coefficient (Wildman–Crippen LogP) is 1.62. The molecule has 17 heavy (non-hydrogen) atoms. The van der Waals surface area contributed by atoms with Crippen molar-refractivity contribution in [3.8, 4) is 0 Å². The molecule has 92 valence electrons. The Kier molecular flexibility index (Phi) is 3.62. The molecular weight excluding hydrogens is 236 g/mol. The van der Waals surface area contributed by atoms with Crippen molar-refractivity contribution in [1.82, 2.24) is 0 Å². The molecule has 1 atom stereocenters. The maximum Gasteiger partial charge on any atom is 0.151 e. The van der Waals surface area contributed by atoms with Crippen molar-refractivity contribution in [2.45, 2.75) is 19.3 Å². The lowest BCUT2D eigenvalue weighted by molar-refractivity contribution is -0.122. The van der Waals surface area contributed by atoms with Gasteiger partial charge in [0, 0.05) is 12.3 Å². The number of carbonyl (C=O) groups is 1. The summed E-state index contributed by atoms with van der Waals surface area (Å²) in [6.07, 6.45) is 1.66. The van der Waals surface area contributed by atoms with Crippen LogP contribution in [0.3, 0.4) is 0 Å². The Morgan fingerprint density at radius 2 is 1.94 bits per heavy atom. The molecule has 1 saturated heterocycles. The van der Waals surface area contributed by atoms with E-state index in [0.29, 0.717) is 19.3 Å². The first-order chi connectivity index (χ1) is 8.07. The van der Waals surface area contributed by atoms with Crippen LogP contribution in [0.2, 0.25) is 0 Å². The second-order valence-corrected chi connectivity index (χ2v) is 6.78.